The summed E-state index contributed by atoms with van der Waals surface area (Å²) in [5.41, 5.74) is -1.49. The molecule has 0 aromatic carbocycles. The number of ether oxygens (including phenoxy) is 3. The van der Waals surface area contributed by atoms with Gasteiger partial charge in [-0.2, -0.15) is 0 Å². The Bertz CT molecular complexity index is 749. The van der Waals surface area contributed by atoms with Crippen LogP contribution in [0.1, 0.15) is 74.7 Å². The Morgan fingerprint density at radius 2 is 1.71 bits per heavy atom. The second-order valence-electron chi connectivity index (χ2n) is 10.7. The van der Waals surface area contributed by atoms with Gasteiger partial charge in [0.25, 0.3) is 0 Å². The molecule has 5 atom stereocenters. The summed E-state index contributed by atoms with van der Waals surface area (Å²) in [5, 5.41) is 2.99. The smallest absolute Gasteiger partial charge is 0.411 e. The predicted octanol–water partition coefficient (Wildman–Crippen LogP) is 4.38. The number of hydrogen-bond acceptors (Lipinski definition) is 6. The molecule has 0 saturated carbocycles. The molecular weight excluding hydrogens is 436 g/mol. The average molecular weight is 481 g/mol. The Morgan fingerprint density at radius 3 is 2.15 bits per heavy atom. The third kappa shape index (κ3) is 8.78. The van der Waals surface area contributed by atoms with Gasteiger partial charge in [0, 0.05) is 20.0 Å². The van der Waals surface area contributed by atoms with Gasteiger partial charge < -0.3 is 19.5 Å². The minimum absolute atomic E-state index is 0.228. The van der Waals surface area contributed by atoms with E-state index in [0.717, 1.165) is 0 Å². The average Bonchev–Trinajstić information content (AvgIpc) is 3.04. The Hall–Kier alpha value is -2.35. The summed E-state index contributed by atoms with van der Waals surface area (Å²) >= 11 is 0. The van der Waals surface area contributed by atoms with Gasteiger partial charge in [-0.25, -0.2) is 9.59 Å². The minimum atomic E-state index is -0.867. The molecule has 0 spiro atoms. The fourth-order valence-corrected chi connectivity index (χ4v) is 4.31. The predicted molar refractivity (Wildman–Crippen MR) is 132 cm³/mol. The lowest BCUT2D eigenvalue weighted by atomic mass is 9.88. The molecule has 0 radical (unpaired) electrons. The summed E-state index contributed by atoms with van der Waals surface area (Å²) in [4.78, 5) is 40.5. The third-order valence-electron chi connectivity index (χ3n) is 5.41. The van der Waals surface area contributed by atoms with Crippen molar-refractivity contribution in [2.75, 3.05) is 7.11 Å². The van der Waals surface area contributed by atoms with Crippen LogP contribution in [0, 0.1) is 5.92 Å². The maximum absolute atomic E-state index is 13.5. The standard InChI is InChI=1S/C26H44N2O6/c1-11-13-15-20(32-10)21(27-17(3)29)22-18(14-12-2)16-19(23(30)33-25(4,5)6)28(22)24(31)34-26(7,8)9/h11-12,14,18-22H,1,13,15-16H2,2-10H3,(H,27,29)/b14-12-/t18-,19-,20-,21+,22-/m1/s1. The van der Waals surface area contributed by atoms with Crippen molar-refractivity contribution in [3.63, 3.8) is 0 Å². The van der Waals surface area contributed by atoms with Crippen molar-refractivity contribution in [3.05, 3.63) is 24.8 Å². The van der Waals surface area contributed by atoms with E-state index in [1.54, 1.807) is 54.7 Å². The Kier molecular flexibility index (Phi) is 10.8. The van der Waals surface area contributed by atoms with Gasteiger partial charge in [-0.05, 0) is 67.7 Å². The van der Waals surface area contributed by atoms with E-state index in [9.17, 15) is 14.4 Å². The largest absolute Gasteiger partial charge is 0.458 e. The van der Waals surface area contributed by atoms with Gasteiger partial charge in [-0.15, -0.1) is 6.58 Å². The van der Waals surface area contributed by atoms with Gasteiger partial charge in [-0.1, -0.05) is 18.2 Å². The van der Waals surface area contributed by atoms with Gasteiger partial charge >= 0.3 is 12.1 Å². The van der Waals surface area contributed by atoms with Crippen molar-refractivity contribution in [2.24, 2.45) is 5.92 Å². The molecule has 8 heteroatoms. The lowest BCUT2D eigenvalue weighted by Gasteiger charge is -2.40. The van der Waals surface area contributed by atoms with Crippen LogP contribution in [-0.2, 0) is 23.8 Å². The number of likely N-dealkylation sites (tertiary alicyclic amines) is 1. The summed E-state index contributed by atoms with van der Waals surface area (Å²) in [6, 6.07) is -2.03. The number of nitrogens with one attached hydrogen (secondary N) is 1. The van der Waals surface area contributed by atoms with Crippen LogP contribution < -0.4 is 5.32 Å². The van der Waals surface area contributed by atoms with Crippen LogP contribution >= 0.6 is 0 Å². The van der Waals surface area contributed by atoms with E-state index < -0.39 is 47.5 Å². The number of carbonyl (C=O) groups is 3. The van der Waals surface area contributed by atoms with E-state index in [4.69, 9.17) is 14.2 Å². The van der Waals surface area contributed by atoms with Crippen molar-refractivity contribution in [1.82, 2.24) is 10.2 Å². The normalized spacial score (nSPS) is 22.9. The van der Waals surface area contributed by atoms with Crippen LogP contribution in [0.4, 0.5) is 4.79 Å². The molecule has 1 rings (SSSR count). The Balaban J connectivity index is 3.62. The molecule has 0 bridgehead atoms. The van der Waals surface area contributed by atoms with Gasteiger partial charge in [0.15, 0.2) is 0 Å². The topological polar surface area (TPSA) is 94.2 Å². The first-order valence-corrected chi connectivity index (χ1v) is 11.9. The maximum atomic E-state index is 13.5. The first kappa shape index (κ1) is 29.7. The fraction of sp³-hybridized carbons (Fsp3) is 0.731. The van der Waals surface area contributed by atoms with Crippen LogP contribution in [-0.4, -0.2) is 65.4 Å². The molecule has 1 aliphatic heterocycles. The van der Waals surface area contributed by atoms with E-state index in [1.165, 1.54) is 11.8 Å². The molecule has 34 heavy (non-hydrogen) atoms. The van der Waals surface area contributed by atoms with Crippen molar-refractivity contribution < 1.29 is 28.6 Å². The number of nitrogens with zero attached hydrogens (tertiary/aromatic N) is 1. The second kappa shape index (κ2) is 12.4. The van der Waals surface area contributed by atoms with Crippen LogP contribution in [0.2, 0.25) is 0 Å². The van der Waals surface area contributed by atoms with Crippen LogP contribution in [0.5, 0.6) is 0 Å². The van der Waals surface area contributed by atoms with E-state index in [2.05, 4.69) is 11.9 Å². The molecule has 0 unspecified atom stereocenters. The fourth-order valence-electron chi connectivity index (χ4n) is 4.31. The number of carbonyl (C=O) groups excluding carboxylic acids is 3. The molecule has 1 fully saturated rings. The molecule has 1 N–H and O–H groups in total. The quantitative estimate of drug-likeness (QED) is 0.389. The minimum Gasteiger partial charge on any atom is -0.458 e. The Morgan fingerprint density at radius 1 is 1.12 bits per heavy atom. The van der Waals surface area contributed by atoms with Crippen molar-refractivity contribution >= 4 is 18.0 Å². The molecule has 2 amide bonds. The van der Waals surface area contributed by atoms with Gasteiger partial charge in [-0.3, -0.25) is 9.69 Å². The summed E-state index contributed by atoms with van der Waals surface area (Å²) in [6.45, 7) is 17.8. The highest BCUT2D eigenvalue weighted by Crippen LogP contribution is 2.37. The first-order chi connectivity index (χ1) is 15.6. The van der Waals surface area contributed by atoms with Crippen molar-refractivity contribution in [1.29, 1.82) is 0 Å². The third-order valence-corrected chi connectivity index (χ3v) is 5.41. The lowest BCUT2D eigenvalue weighted by molar-refractivity contribution is -0.160. The summed E-state index contributed by atoms with van der Waals surface area (Å²) in [6.07, 6.45) is 6.18. The molecular formula is C26H44N2O6. The first-order valence-electron chi connectivity index (χ1n) is 11.9. The SMILES string of the molecule is C=CCC[C@@H](OC)[C@H](NC(C)=O)[C@H]1[C@H](/C=C\C)C[C@H](C(=O)OC(C)(C)C)N1C(=O)OC(C)(C)C. The zero-order chi connectivity index (χ0) is 26.3. The van der Waals surface area contributed by atoms with Crippen molar-refractivity contribution in [3.8, 4) is 0 Å². The molecule has 1 saturated heterocycles. The molecule has 0 aliphatic carbocycles. The summed E-state index contributed by atoms with van der Waals surface area (Å²) < 4.78 is 17.2. The molecule has 8 nitrogen and oxygen atoms in total. The molecule has 0 aromatic heterocycles. The Labute approximate surface area is 205 Å². The van der Waals surface area contributed by atoms with Gasteiger partial charge in [0.1, 0.15) is 17.2 Å². The zero-order valence-electron chi connectivity index (χ0n) is 22.3. The molecule has 194 valence electrons. The zero-order valence-corrected chi connectivity index (χ0v) is 22.3. The number of hydrogen-bond donors (Lipinski definition) is 1. The number of methoxy groups -OCH3 is 1. The van der Waals surface area contributed by atoms with E-state index in [-0.39, 0.29) is 11.8 Å². The highest BCUT2D eigenvalue weighted by atomic mass is 16.6. The van der Waals surface area contributed by atoms with E-state index in [1.807, 2.05) is 19.1 Å². The van der Waals surface area contributed by atoms with Gasteiger partial charge in [0.05, 0.1) is 18.2 Å². The number of amides is 2. The van der Waals surface area contributed by atoms with Crippen molar-refractivity contribution in [2.45, 2.75) is 110 Å². The number of rotatable bonds is 9. The maximum Gasteiger partial charge on any atom is 0.411 e. The van der Waals surface area contributed by atoms with Crippen LogP contribution in [0.15, 0.2) is 24.8 Å². The summed E-state index contributed by atoms with van der Waals surface area (Å²) in [5.74, 6) is -0.986. The highest BCUT2D eigenvalue weighted by molar-refractivity contribution is 5.83. The molecule has 0 aromatic rings. The molecule has 1 heterocycles. The lowest BCUT2D eigenvalue weighted by Crippen LogP contribution is -2.60. The van der Waals surface area contributed by atoms with Crippen LogP contribution in [0.25, 0.3) is 0 Å². The molecule has 1 aliphatic rings. The number of esters is 1. The monoisotopic (exact) mass is 480 g/mol. The number of allylic oxidation sites excluding steroid dienone is 2. The second-order valence-corrected chi connectivity index (χ2v) is 10.7. The summed E-state index contributed by atoms with van der Waals surface area (Å²) in [7, 11) is 1.57. The van der Waals surface area contributed by atoms with Crippen LogP contribution in [0.3, 0.4) is 0 Å². The van der Waals surface area contributed by atoms with E-state index in [0.29, 0.717) is 19.3 Å². The van der Waals surface area contributed by atoms with Gasteiger partial charge in [0.2, 0.25) is 5.91 Å². The highest BCUT2D eigenvalue weighted by Gasteiger charge is 2.53. The van der Waals surface area contributed by atoms with E-state index >= 15 is 0 Å².